The first-order chi connectivity index (χ1) is 15.0. The molecule has 4 rings (SSSR count). The predicted octanol–water partition coefficient (Wildman–Crippen LogP) is 2.82. The van der Waals surface area contributed by atoms with Crippen molar-refractivity contribution in [3.05, 3.63) is 65.9 Å². The maximum absolute atomic E-state index is 12.9. The Morgan fingerprint density at radius 2 is 2.00 bits per heavy atom. The number of carbonyl (C=O) groups excluding carboxylic acids is 1. The van der Waals surface area contributed by atoms with Crippen LogP contribution in [0.1, 0.15) is 28.4 Å². The summed E-state index contributed by atoms with van der Waals surface area (Å²) in [4.78, 5) is 25.6. The second kappa shape index (κ2) is 8.88. The van der Waals surface area contributed by atoms with Crippen LogP contribution in [0.4, 0.5) is 5.82 Å². The third kappa shape index (κ3) is 4.51. The Hall–Kier alpha value is -3.85. The summed E-state index contributed by atoms with van der Waals surface area (Å²) < 4.78 is 7.28. The van der Waals surface area contributed by atoms with Crippen LogP contribution in [0.2, 0.25) is 0 Å². The largest absolute Gasteiger partial charge is 0.493 e. The maximum atomic E-state index is 12.9. The van der Waals surface area contributed by atoms with E-state index in [9.17, 15) is 4.79 Å². The minimum atomic E-state index is -0.373. The van der Waals surface area contributed by atoms with Gasteiger partial charge in [0.25, 0.3) is 5.91 Å². The van der Waals surface area contributed by atoms with E-state index in [4.69, 9.17) is 9.84 Å². The number of carbonyl (C=O) groups is 1. The molecule has 0 saturated heterocycles. The molecule has 0 spiro atoms. The summed E-state index contributed by atoms with van der Waals surface area (Å²) >= 11 is 0. The van der Waals surface area contributed by atoms with Crippen molar-refractivity contribution < 1.29 is 14.6 Å². The molecule has 9 nitrogen and oxygen atoms in total. The lowest BCUT2D eigenvalue weighted by Crippen LogP contribution is -2.17. The molecular formula is C22H22N6O3. The van der Waals surface area contributed by atoms with Gasteiger partial charge in [0.1, 0.15) is 17.4 Å². The number of nitrogens with zero attached hydrogens (tertiary/aromatic N) is 5. The smallest absolute Gasteiger partial charge is 0.277 e. The fraction of sp³-hybridized carbons (Fsp3) is 0.227. The van der Waals surface area contributed by atoms with Crippen molar-refractivity contribution in [2.75, 3.05) is 18.5 Å². The second-order valence-electron chi connectivity index (χ2n) is 6.95. The first kappa shape index (κ1) is 20.4. The Kier molecular flexibility index (Phi) is 5.85. The molecule has 1 amide bonds. The van der Waals surface area contributed by atoms with E-state index in [1.165, 1.54) is 10.7 Å². The van der Waals surface area contributed by atoms with Crippen LogP contribution in [-0.4, -0.2) is 48.8 Å². The molecule has 0 atom stereocenters. The number of aliphatic hydroxyl groups excluding tert-OH is 1. The standard InChI is InChI=1S/C22H22N6O3/c1-14-12-20(25-15(2)24-14)26-22(30)18-13-23-21-9-8-17(27-28(18)21)16-6-3-4-7-19(16)31-11-5-10-29/h3-4,6-9,12-13,29H,5,10-11H2,1-2H3,(H,24,25,26,30). The van der Waals surface area contributed by atoms with E-state index in [-0.39, 0.29) is 18.2 Å². The SMILES string of the molecule is Cc1cc(NC(=O)c2cnc3ccc(-c4ccccc4OCCCO)nn23)nc(C)n1. The Morgan fingerprint density at radius 3 is 2.81 bits per heavy atom. The van der Waals surface area contributed by atoms with Gasteiger partial charge < -0.3 is 15.2 Å². The lowest BCUT2D eigenvalue weighted by Gasteiger charge is -2.11. The molecule has 4 aromatic rings. The number of hydrogen-bond donors (Lipinski definition) is 2. The lowest BCUT2D eigenvalue weighted by molar-refractivity contribution is 0.102. The lowest BCUT2D eigenvalue weighted by atomic mass is 10.1. The number of hydrogen-bond acceptors (Lipinski definition) is 7. The average Bonchev–Trinajstić information content (AvgIpc) is 3.17. The summed E-state index contributed by atoms with van der Waals surface area (Å²) in [7, 11) is 0. The Balaban J connectivity index is 1.66. The van der Waals surface area contributed by atoms with E-state index in [0.717, 1.165) is 11.3 Å². The van der Waals surface area contributed by atoms with Crippen LogP contribution in [-0.2, 0) is 0 Å². The van der Waals surface area contributed by atoms with E-state index in [2.05, 4.69) is 25.4 Å². The topological polar surface area (TPSA) is 115 Å². The van der Waals surface area contributed by atoms with Crippen molar-refractivity contribution >= 4 is 17.4 Å². The number of amides is 1. The molecular weight excluding hydrogens is 396 g/mol. The third-order valence-corrected chi connectivity index (χ3v) is 4.53. The van der Waals surface area contributed by atoms with Crippen molar-refractivity contribution in [1.29, 1.82) is 0 Å². The molecule has 0 aliphatic rings. The molecule has 2 N–H and O–H groups in total. The number of aromatic nitrogens is 5. The molecule has 0 aliphatic carbocycles. The molecule has 9 heteroatoms. The number of nitrogens with one attached hydrogen (secondary N) is 1. The highest BCUT2D eigenvalue weighted by Gasteiger charge is 2.16. The zero-order chi connectivity index (χ0) is 21.8. The summed E-state index contributed by atoms with van der Waals surface area (Å²) in [5, 5.41) is 16.4. The molecule has 158 valence electrons. The van der Waals surface area contributed by atoms with Crippen LogP contribution in [0.15, 0.2) is 48.7 Å². The third-order valence-electron chi connectivity index (χ3n) is 4.53. The zero-order valence-corrected chi connectivity index (χ0v) is 17.2. The summed E-state index contributed by atoms with van der Waals surface area (Å²) in [6.07, 6.45) is 2.01. The number of imidazole rings is 1. The molecule has 0 aliphatic heterocycles. The van der Waals surface area contributed by atoms with E-state index < -0.39 is 0 Å². The highest BCUT2D eigenvalue weighted by atomic mass is 16.5. The van der Waals surface area contributed by atoms with Gasteiger partial charge in [-0.15, -0.1) is 0 Å². The molecule has 3 heterocycles. The van der Waals surface area contributed by atoms with Gasteiger partial charge in [-0.2, -0.15) is 5.10 Å². The average molecular weight is 418 g/mol. The normalized spacial score (nSPS) is 10.9. The van der Waals surface area contributed by atoms with Gasteiger partial charge in [0.2, 0.25) is 0 Å². The first-order valence-corrected chi connectivity index (χ1v) is 9.86. The number of anilines is 1. The van der Waals surface area contributed by atoms with Crippen molar-refractivity contribution in [3.8, 4) is 17.0 Å². The van der Waals surface area contributed by atoms with Crippen LogP contribution < -0.4 is 10.1 Å². The van der Waals surface area contributed by atoms with Gasteiger partial charge in [0.05, 0.1) is 18.5 Å². The van der Waals surface area contributed by atoms with Gasteiger partial charge in [-0.05, 0) is 38.1 Å². The molecule has 0 unspecified atom stereocenters. The molecule has 0 saturated carbocycles. The van der Waals surface area contributed by atoms with Crippen LogP contribution in [0, 0.1) is 13.8 Å². The van der Waals surface area contributed by atoms with Gasteiger partial charge in [-0.3, -0.25) is 4.79 Å². The Labute approximate surface area is 178 Å². The first-order valence-electron chi connectivity index (χ1n) is 9.86. The van der Waals surface area contributed by atoms with E-state index >= 15 is 0 Å². The minimum Gasteiger partial charge on any atom is -0.493 e. The molecule has 0 radical (unpaired) electrons. The van der Waals surface area contributed by atoms with Gasteiger partial charge in [0, 0.05) is 30.4 Å². The van der Waals surface area contributed by atoms with Crippen LogP contribution >= 0.6 is 0 Å². The highest BCUT2D eigenvalue weighted by Crippen LogP contribution is 2.28. The van der Waals surface area contributed by atoms with Gasteiger partial charge in [0.15, 0.2) is 11.3 Å². The van der Waals surface area contributed by atoms with Crippen molar-refractivity contribution in [2.45, 2.75) is 20.3 Å². The molecule has 31 heavy (non-hydrogen) atoms. The van der Waals surface area contributed by atoms with E-state index in [1.54, 1.807) is 19.1 Å². The number of benzene rings is 1. The number of fused-ring (bicyclic) bond motifs is 1. The summed E-state index contributed by atoms with van der Waals surface area (Å²) in [6.45, 7) is 4.06. The van der Waals surface area contributed by atoms with Crippen LogP contribution in [0.3, 0.4) is 0 Å². The highest BCUT2D eigenvalue weighted by molar-refractivity contribution is 6.02. The number of aryl methyl sites for hydroxylation is 2. The fourth-order valence-corrected chi connectivity index (χ4v) is 3.18. The minimum absolute atomic E-state index is 0.0608. The van der Waals surface area contributed by atoms with Crippen molar-refractivity contribution in [3.63, 3.8) is 0 Å². The monoisotopic (exact) mass is 418 g/mol. The summed E-state index contributed by atoms with van der Waals surface area (Å²) in [5.74, 6) is 1.28. The Morgan fingerprint density at radius 1 is 1.16 bits per heavy atom. The fourth-order valence-electron chi connectivity index (χ4n) is 3.18. The molecule has 3 aromatic heterocycles. The maximum Gasteiger partial charge on any atom is 0.277 e. The summed E-state index contributed by atoms with van der Waals surface area (Å²) in [6, 6.07) is 12.8. The molecule has 0 bridgehead atoms. The van der Waals surface area contributed by atoms with Crippen LogP contribution in [0.25, 0.3) is 16.9 Å². The number of ether oxygens (including phenoxy) is 1. The predicted molar refractivity (Wildman–Crippen MR) is 115 cm³/mol. The number of para-hydroxylation sites is 1. The van der Waals surface area contributed by atoms with Gasteiger partial charge in [-0.1, -0.05) is 12.1 Å². The molecule has 1 aromatic carbocycles. The van der Waals surface area contributed by atoms with Crippen LogP contribution in [0.5, 0.6) is 5.75 Å². The van der Waals surface area contributed by atoms with Crippen molar-refractivity contribution in [1.82, 2.24) is 24.6 Å². The molecule has 0 fully saturated rings. The van der Waals surface area contributed by atoms with E-state index in [1.807, 2.05) is 37.3 Å². The number of aliphatic hydroxyl groups is 1. The van der Waals surface area contributed by atoms with Gasteiger partial charge >= 0.3 is 0 Å². The van der Waals surface area contributed by atoms with Crippen molar-refractivity contribution in [2.24, 2.45) is 0 Å². The quantitative estimate of drug-likeness (QED) is 0.444. The Bertz CT molecular complexity index is 1220. The zero-order valence-electron chi connectivity index (χ0n) is 17.2. The summed E-state index contributed by atoms with van der Waals surface area (Å²) in [5.41, 5.74) is 3.00. The van der Waals surface area contributed by atoms with Gasteiger partial charge in [-0.25, -0.2) is 19.5 Å². The second-order valence-corrected chi connectivity index (χ2v) is 6.95. The van der Waals surface area contributed by atoms with E-state index in [0.29, 0.717) is 41.8 Å². The number of rotatable bonds is 7.